The van der Waals surface area contributed by atoms with E-state index in [-0.39, 0.29) is 24.3 Å². The van der Waals surface area contributed by atoms with E-state index in [0.717, 1.165) is 24.1 Å². The first-order valence-corrected chi connectivity index (χ1v) is 10.2. The second kappa shape index (κ2) is 9.01. The van der Waals surface area contributed by atoms with Crippen LogP contribution in [0.1, 0.15) is 35.5 Å². The molecule has 0 fully saturated rings. The zero-order chi connectivity index (χ0) is 20.1. The SMILES string of the molecule is CC(C)C(NC(=O)c1cccs1)C(=O)OCC(=O)N1CCCc2ccccc21. The summed E-state index contributed by atoms with van der Waals surface area (Å²) in [4.78, 5) is 39.6. The standard InChI is InChI=1S/C21H24N2O4S/c1-14(2)19(22-20(25)17-10-6-12-28-17)21(26)27-13-18(24)23-11-5-8-15-7-3-4-9-16(15)23/h3-4,6-7,9-10,12,14,19H,5,8,11,13H2,1-2H3,(H,22,25). The molecule has 7 heteroatoms. The van der Waals surface area contributed by atoms with Crippen LogP contribution in [0, 0.1) is 5.92 Å². The number of ether oxygens (including phenoxy) is 1. The Hall–Kier alpha value is -2.67. The molecule has 0 radical (unpaired) electrons. The first kappa shape index (κ1) is 20.1. The highest BCUT2D eigenvalue weighted by atomic mass is 32.1. The second-order valence-electron chi connectivity index (χ2n) is 7.06. The van der Waals surface area contributed by atoms with Crippen molar-refractivity contribution in [2.45, 2.75) is 32.7 Å². The summed E-state index contributed by atoms with van der Waals surface area (Å²) in [5.74, 6) is -1.34. The number of hydrogen-bond acceptors (Lipinski definition) is 5. The van der Waals surface area contributed by atoms with E-state index in [1.807, 2.05) is 38.1 Å². The van der Waals surface area contributed by atoms with Crippen LogP contribution in [0.15, 0.2) is 41.8 Å². The van der Waals surface area contributed by atoms with Crippen molar-refractivity contribution < 1.29 is 19.1 Å². The highest BCUT2D eigenvalue weighted by Gasteiger charge is 2.28. The number of rotatable bonds is 6. The lowest BCUT2D eigenvalue weighted by atomic mass is 10.0. The molecule has 2 heterocycles. The third-order valence-corrected chi connectivity index (χ3v) is 5.57. The Kier molecular flexibility index (Phi) is 6.46. The van der Waals surface area contributed by atoms with Crippen LogP contribution in [0.2, 0.25) is 0 Å². The number of carbonyl (C=O) groups excluding carboxylic acids is 3. The van der Waals surface area contributed by atoms with Crippen LogP contribution in [0.25, 0.3) is 0 Å². The van der Waals surface area contributed by atoms with Crippen LogP contribution in [0.3, 0.4) is 0 Å². The molecule has 0 bridgehead atoms. The first-order chi connectivity index (χ1) is 13.5. The number of aryl methyl sites for hydroxylation is 1. The minimum Gasteiger partial charge on any atom is -0.454 e. The van der Waals surface area contributed by atoms with Gasteiger partial charge >= 0.3 is 5.97 Å². The average Bonchev–Trinajstić information content (AvgIpc) is 3.24. The van der Waals surface area contributed by atoms with Crippen LogP contribution in [0.5, 0.6) is 0 Å². The summed E-state index contributed by atoms with van der Waals surface area (Å²) in [5, 5.41) is 4.51. The molecule has 0 spiro atoms. The largest absolute Gasteiger partial charge is 0.454 e. The van der Waals surface area contributed by atoms with Gasteiger partial charge in [-0.2, -0.15) is 0 Å². The maximum Gasteiger partial charge on any atom is 0.329 e. The quantitative estimate of drug-likeness (QED) is 0.757. The summed E-state index contributed by atoms with van der Waals surface area (Å²) >= 11 is 1.30. The van der Waals surface area contributed by atoms with Gasteiger partial charge in [-0.1, -0.05) is 38.1 Å². The number of anilines is 1. The number of hydrogen-bond donors (Lipinski definition) is 1. The molecule has 0 saturated carbocycles. The number of benzene rings is 1. The van der Waals surface area contributed by atoms with Gasteiger partial charge in [0.1, 0.15) is 6.04 Å². The number of nitrogens with zero attached hydrogens (tertiary/aromatic N) is 1. The molecule has 0 saturated heterocycles. The zero-order valence-corrected chi connectivity index (χ0v) is 16.8. The Bertz CT molecular complexity index is 848. The third-order valence-electron chi connectivity index (χ3n) is 4.70. The lowest BCUT2D eigenvalue weighted by molar-refractivity contribution is -0.150. The van der Waals surface area contributed by atoms with Crippen LogP contribution in [-0.4, -0.2) is 37.0 Å². The number of esters is 1. The Morgan fingerprint density at radius 2 is 1.96 bits per heavy atom. The maximum absolute atomic E-state index is 12.6. The summed E-state index contributed by atoms with van der Waals surface area (Å²) in [6, 6.07) is 10.4. The van der Waals surface area contributed by atoms with E-state index in [1.54, 1.807) is 22.4 Å². The minimum absolute atomic E-state index is 0.165. The molecular formula is C21H24N2O4S. The van der Waals surface area contributed by atoms with Crippen molar-refractivity contribution >= 4 is 34.8 Å². The molecule has 1 aromatic heterocycles. The molecule has 0 aliphatic carbocycles. The fourth-order valence-corrected chi connectivity index (χ4v) is 3.84. The van der Waals surface area contributed by atoms with Gasteiger partial charge in [0.05, 0.1) is 4.88 Å². The molecule has 1 aliphatic heterocycles. The van der Waals surface area contributed by atoms with Gasteiger partial charge < -0.3 is 15.0 Å². The van der Waals surface area contributed by atoms with Gasteiger partial charge in [-0.15, -0.1) is 11.3 Å². The predicted molar refractivity (Wildman–Crippen MR) is 108 cm³/mol. The Balaban J connectivity index is 1.60. The molecule has 1 aromatic carbocycles. The number of carbonyl (C=O) groups is 3. The highest BCUT2D eigenvalue weighted by molar-refractivity contribution is 7.12. The van der Waals surface area contributed by atoms with E-state index in [4.69, 9.17) is 4.74 Å². The lowest BCUT2D eigenvalue weighted by Crippen LogP contribution is -2.46. The van der Waals surface area contributed by atoms with Gasteiger partial charge in [0.2, 0.25) is 0 Å². The van der Waals surface area contributed by atoms with Gasteiger partial charge in [-0.25, -0.2) is 4.79 Å². The summed E-state index contributed by atoms with van der Waals surface area (Å²) in [7, 11) is 0. The number of nitrogens with one attached hydrogen (secondary N) is 1. The predicted octanol–water partition coefficient (Wildman–Crippen LogP) is 3.03. The third kappa shape index (κ3) is 4.59. The summed E-state index contributed by atoms with van der Waals surface area (Å²) in [6.45, 7) is 3.91. The van der Waals surface area contributed by atoms with Crippen LogP contribution in [-0.2, 0) is 20.7 Å². The molecule has 28 heavy (non-hydrogen) atoms. The lowest BCUT2D eigenvalue weighted by Gasteiger charge is -2.29. The topological polar surface area (TPSA) is 75.7 Å². The smallest absolute Gasteiger partial charge is 0.329 e. The number of thiophene rings is 1. The van der Waals surface area contributed by atoms with Crippen molar-refractivity contribution in [1.82, 2.24) is 5.32 Å². The highest BCUT2D eigenvalue weighted by Crippen LogP contribution is 2.26. The molecule has 3 rings (SSSR count). The van der Waals surface area contributed by atoms with Crippen molar-refractivity contribution in [3.63, 3.8) is 0 Å². The van der Waals surface area contributed by atoms with E-state index in [2.05, 4.69) is 5.32 Å². The van der Waals surface area contributed by atoms with Crippen molar-refractivity contribution in [2.24, 2.45) is 5.92 Å². The van der Waals surface area contributed by atoms with Gasteiger partial charge in [-0.3, -0.25) is 9.59 Å². The number of amides is 2. The molecular weight excluding hydrogens is 376 g/mol. The maximum atomic E-state index is 12.6. The van der Waals surface area contributed by atoms with Crippen LogP contribution in [0.4, 0.5) is 5.69 Å². The number of para-hydroxylation sites is 1. The molecule has 1 unspecified atom stereocenters. The minimum atomic E-state index is -0.809. The summed E-state index contributed by atoms with van der Waals surface area (Å²) in [6.07, 6.45) is 1.81. The van der Waals surface area contributed by atoms with Crippen molar-refractivity contribution in [3.8, 4) is 0 Å². The van der Waals surface area contributed by atoms with E-state index >= 15 is 0 Å². The zero-order valence-electron chi connectivity index (χ0n) is 16.0. The van der Waals surface area contributed by atoms with Gasteiger partial charge in [0.25, 0.3) is 11.8 Å². The molecule has 1 aliphatic rings. The monoisotopic (exact) mass is 400 g/mol. The van der Waals surface area contributed by atoms with Crippen LogP contribution < -0.4 is 10.2 Å². The normalized spacial score (nSPS) is 14.3. The average molecular weight is 401 g/mol. The van der Waals surface area contributed by atoms with Crippen LogP contribution >= 0.6 is 11.3 Å². The van der Waals surface area contributed by atoms with Gasteiger partial charge in [0, 0.05) is 12.2 Å². The molecule has 6 nitrogen and oxygen atoms in total. The molecule has 1 N–H and O–H groups in total. The molecule has 2 amide bonds. The van der Waals surface area contributed by atoms with Crippen molar-refractivity contribution in [2.75, 3.05) is 18.1 Å². The fraction of sp³-hybridized carbons (Fsp3) is 0.381. The van der Waals surface area contributed by atoms with E-state index in [0.29, 0.717) is 11.4 Å². The Morgan fingerprint density at radius 1 is 1.18 bits per heavy atom. The molecule has 1 atom stereocenters. The van der Waals surface area contributed by atoms with E-state index < -0.39 is 12.0 Å². The Labute approximate surface area is 168 Å². The van der Waals surface area contributed by atoms with Crippen molar-refractivity contribution in [3.05, 3.63) is 52.2 Å². The van der Waals surface area contributed by atoms with Gasteiger partial charge in [-0.05, 0) is 41.8 Å². The molecule has 2 aromatic rings. The Morgan fingerprint density at radius 3 is 2.68 bits per heavy atom. The van der Waals surface area contributed by atoms with Gasteiger partial charge in [0.15, 0.2) is 6.61 Å². The second-order valence-corrected chi connectivity index (χ2v) is 8.01. The fourth-order valence-electron chi connectivity index (χ4n) is 3.21. The summed E-state index contributed by atoms with van der Waals surface area (Å²) in [5.41, 5.74) is 2.00. The number of fused-ring (bicyclic) bond motifs is 1. The molecule has 148 valence electrons. The van der Waals surface area contributed by atoms with E-state index in [9.17, 15) is 14.4 Å². The summed E-state index contributed by atoms with van der Waals surface area (Å²) < 4.78 is 5.27. The first-order valence-electron chi connectivity index (χ1n) is 9.36. The van der Waals surface area contributed by atoms with E-state index in [1.165, 1.54) is 11.3 Å². The van der Waals surface area contributed by atoms with Crippen molar-refractivity contribution in [1.29, 1.82) is 0 Å².